The van der Waals surface area contributed by atoms with Crippen LogP contribution in [0.3, 0.4) is 0 Å². The molecule has 0 rings (SSSR count). The molecule has 0 aromatic rings. The second kappa shape index (κ2) is 6.20. The standard InChI is InChI=1S/C8H12O2/c1-8(10)6-4-2-3-5-7-9/h3,5,7H,2,4,6H2,1H3. The Labute approximate surface area is 60.9 Å². The normalized spacial score (nSPS) is 10.1. The number of hydrogen-bond donors (Lipinski definition) is 0. The van der Waals surface area contributed by atoms with Crippen LogP contribution in [0.2, 0.25) is 0 Å². The van der Waals surface area contributed by atoms with Crippen molar-refractivity contribution in [1.82, 2.24) is 0 Å². The van der Waals surface area contributed by atoms with Crippen LogP contribution in [-0.2, 0) is 9.59 Å². The third kappa shape index (κ3) is 7.08. The number of unbranched alkanes of at least 4 members (excludes halogenated alkanes) is 1. The monoisotopic (exact) mass is 140 g/mol. The number of rotatable bonds is 5. The second-order valence-electron chi connectivity index (χ2n) is 2.16. The van der Waals surface area contributed by atoms with E-state index in [4.69, 9.17) is 0 Å². The molecule has 0 aliphatic carbocycles. The first kappa shape index (κ1) is 9.08. The Kier molecular flexibility index (Phi) is 5.63. The van der Waals surface area contributed by atoms with Crippen LogP contribution in [-0.4, -0.2) is 12.1 Å². The number of ketones is 1. The van der Waals surface area contributed by atoms with Gasteiger partial charge in [-0.1, -0.05) is 6.08 Å². The Morgan fingerprint density at radius 1 is 1.50 bits per heavy atom. The quantitative estimate of drug-likeness (QED) is 0.329. The summed E-state index contributed by atoms with van der Waals surface area (Å²) in [6, 6.07) is 0. The SMILES string of the molecule is CC(=O)CCCC=CC=O. The highest BCUT2D eigenvalue weighted by Gasteiger charge is 1.89. The maximum absolute atomic E-state index is 10.4. The van der Waals surface area contributed by atoms with Crippen LogP contribution in [0.25, 0.3) is 0 Å². The van der Waals surface area contributed by atoms with Gasteiger partial charge in [-0.15, -0.1) is 0 Å². The summed E-state index contributed by atoms with van der Waals surface area (Å²) in [7, 11) is 0. The zero-order valence-corrected chi connectivity index (χ0v) is 6.17. The first-order chi connectivity index (χ1) is 4.77. The van der Waals surface area contributed by atoms with E-state index in [0.717, 1.165) is 19.1 Å². The minimum absolute atomic E-state index is 0.208. The Morgan fingerprint density at radius 2 is 2.20 bits per heavy atom. The molecule has 0 radical (unpaired) electrons. The summed E-state index contributed by atoms with van der Waals surface area (Å²) in [6.45, 7) is 1.57. The fraction of sp³-hybridized carbons (Fsp3) is 0.500. The van der Waals surface area contributed by atoms with Gasteiger partial charge in [-0.3, -0.25) is 4.79 Å². The minimum Gasteiger partial charge on any atom is -0.300 e. The summed E-state index contributed by atoms with van der Waals surface area (Å²) < 4.78 is 0. The molecule has 0 aliphatic heterocycles. The maximum atomic E-state index is 10.4. The topological polar surface area (TPSA) is 34.1 Å². The lowest BCUT2D eigenvalue weighted by Gasteiger charge is -1.88. The molecule has 10 heavy (non-hydrogen) atoms. The van der Waals surface area contributed by atoms with E-state index in [2.05, 4.69) is 0 Å². The summed E-state index contributed by atoms with van der Waals surface area (Å²) in [5, 5.41) is 0. The third-order valence-electron chi connectivity index (χ3n) is 1.11. The van der Waals surface area contributed by atoms with Crippen molar-refractivity contribution in [2.75, 3.05) is 0 Å². The molecule has 2 heteroatoms. The number of aldehydes is 1. The third-order valence-corrected chi connectivity index (χ3v) is 1.11. The lowest BCUT2D eigenvalue weighted by molar-refractivity contribution is -0.117. The molecule has 0 aliphatic rings. The Bertz CT molecular complexity index is 136. The zero-order chi connectivity index (χ0) is 7.82. The fourth-order valence-corrected chi connectivity index (χ4v) is 0.621. The molecule has 0 fully saturated rings. The van der Waals surface area contributed by atoms with Gasteiger partial charge >= 0.3 is 0 Å². The predicted molar refractivity (Wildman–Crippen MR) is 39.7 cm³/mol. The molecular weight excluding hydrogens is 128 g/mol. The van der Waals surface area contributed by atoms with E-state index in [-0.39, 0.29) is 5.78 Å². The van der Waals surface area contributed by atoms with Crippen LogP contribution >= 0.6 is 0 Å². The van der Waals surface area contributed by atoms with Crippen LogP contribution in [0.15, 0.2) is 12.2 Å². The Balaban J connectivity index is 3.12. The number of allylic oxidation sites excluding steroid dienone is 2. The van der Waals surface area contributed by atoms with Crippen molar-refractivity contribution in [2.24, 2.45) is 0 Å². The average Bonchev–Trinajstić information content (AvgIpc) is 1.87. The van der Waals surface area contributed by atoms with E-state index in [1.54, 1.807) is 13.0 Å². The number of Topliss-reactive ketones (excluding diaryl/α,β-unsaturated/α-hetero) is 1. The molecule has 0 amide bonds. The first-order valence-corrected chi connectivity index (χ1v) is 3.37. The molecule has 0 heterocycles. The smallest absolute Gasteiger partial charge is 0.142 e. The van der Waals surface area contributed by atoms with Crippen LogP contribution in [0, 0.1) is 0 Å². The van der Waals surface area contributed by atoms with Crippen LogP contribution < -0.4 is 0 Å². The van der Waals surface area contributed by atoms with Gasteiger partial charge in [0.25, 0.3) is 0 Å². The van der Waals surface area contributed by atoms with Gasteiger partial charge in [-0.05, 0) is 25.8 Å². The van der Waals surface area contributed by atoms with E-state index in [0.29, 0.717) is 6.42 Å². The number of carbonyl (C=O) groups is 2. The molecule has 0 aromatic heterocycles. The van der Waals surface area contributed by atoms with Crippen molar-refractivity contribution in [3.05, 3.63) is 12.2 Å². The fourth-order valence-electron chi connectivity index (χ4n) is 0.621. The zero-order valence-electron chi connectivity index (χ0n) is 6.17. The Hall–Kier alpha value is -0.920. The average molecular weight is 140 g/mol. The van der Waals surface area contributed by atoms with E-state index in [1.807, 2.05) is 0 Å². The molecule has 0 saturated heterocycles. The molecule has 0 bridgehead atoms. The van der Waals surface area contributed by atoms with Gasteiger partial charge in [0.2, 0.25) is 0 Å². The van der Waals surface area contributed by atoms with Gasteiger partial charge in [-0.2, -0.15) is 0 Å². The molecule has 0 saturated carbocycles. The van der Waals surface area contributed by atoms with Crippen LogP contribution in [0.5, 0.6) is 0 Å². The molecule has 0 N–H and O–H groups in total. The molecule has 0 atom stereocenters. The van der Waals surface area contributed by atoms with Gasteiger partial charge in [0.1, 0.15) is 12.1 Å². The summed E-state index contributed by atoms with van der Waals surface area (Å²) in [5.41, 5.74) is 0. The molecule has 0 spiro atoms. The maximum Gasteiger partial charge on any atom is 0.142 e. The van der Waals surface area contributed by atoms with Crippen molar-refractivity contribution in [3.8, 4) is 0 Å². The summed E-state index contributed by atoms with van der Waals surface area (Å²) >= 11 is 0. The lowest BCUT2D eigenvalue weighted by atomic mass is 10.2. The molecule has 2 nitrogen and oxygen atoms in total. The van der Waals surface area contributed by atoms with E-state index in [1.165, 1.54) is 6.08 Å². The van der Waals surface area contributed by atoms with Gasteiger partial charge in [-0.25, -0.2) is 0 Å². The van der Waals surface area contributed by atoms with E-state index < -0.39 is 0 Å². The molecule has 0 aromatic carbocycles. The highest BCUT2D eigenvalue weighted by molar-refractivity contribution is 5.75. The van der Waals surface area contributed by atoms with E-state index >= 15 is 0 Å². The summed E-state index contributed by atoms with van der Waals surface area (Å²) in [4.78, 5) is 20.1. The van der Waals surface area contributed by atoms with Gasteiger partial charge < -0.3 is 4.79 Å². The van der Waals surface area contributed by atoms with Crippen LogP contribution in [0.1, 0.15) is 26.2 Å². The summed E-state index contributed by atoms with van der Waals surface area (Å²) in [6.07, 6.45) is 6.25. The summed E-state index contributed by atoms with van der Waals surface area (Å²) in [5.74, 6) is 0.208. The van der Waals surface area contributed by atoms with Crippen molar-refractivity contribution >= 4 is 12.1 Å². The Morgan fingerprint density at radius 3 is 2.70 bits per heavy atom. The van der Waals surface area contributed by atoms with Crippen molar-refractivity contribution in [1.29, 1.82) is 0 Å². The highest BCUT2D eigenvalue weighted by atomic mass is 16.1. The first-order valence-electron chi connectivity index (χ1n) is 3.37. The van der Waals surface area contributed by atoms with Gasteiger partial charge in [0, 0.05) is 6.42 Å². The number of carbonyl (C=O) groups excluding carboxylic acids is 2. The number of hydrogen-bond acceptors (Lipinski definition) is 2. The largest absolute Gasteiger partial charge is 0.300 e. The molecule has 0 unspecified atom stereocenters. The van der Waals surface area contributed by atoms with Crippen molar-refractivity contribution in [3.63, 3.8) is 0 Å². The van der Waals surface area contributed by atoms with Crippen LogP contribution in [0.4, 0.5) is 0 Å². The lowest BCUT2D eigenvalue weighted by Crippen LogP contribution is -1.87. The van der Waals surface area contributed by atoms with Crippen molar-refractivity contribution in [2.45, 2.75) is 26.2 Å². The van der Waals surface area contributed by atoms with E-state index in [9.17, 15) is 9.59 Å². The van der Waals surface area contributed by atoms with Gasteiger partial charge in [0.05, 0.1) is 0 Å². The minimum atomic E-state index is 0.208. The molecule has 56 valence electrons. The van der Waals surface area contributed by atoms with Crippen molar-refractivity contribution < 1.29 is 9.59 Å². The predicted octanol–water partition coefficient (Wildman–Crippen LogP) is 1.50. The second-order valence-corrected chi connectivity index (χ2v) is 2.16. The highest BCUT2D eigenvalue weighted by Crippen LogP contribution is 1.96. The molecular formula is C8H12O2. The van der Waals surface area contributed by atoms with Gasteiger partial charge in [0.15, 0.2) is 0 Å².